The monoisotopic (exact) mass is 476 g/mol. The van der Waals surface area contributed by atoms with Gasteiger partial charge in [0.2, 0.25) is 5.75 Å². The summed E-state index contributed by atoms with van der Waals surface area (Å²) in [6.45, 7) is 8.89. The molecule has 1 aliphatic heterocycles. The zero-order valence-electron chi connectivity index (χ0n) is 21.1. The van der Waals surface area contributed by atoms with Gasteiger partial charge in [0.05, 0.1) is 11.2 Å². The molecule has 6 nitrogen and oxygen atoms in total. The molecule has 1 saturated heterocycles. The average Bonchev–Trinajstić information content (AvgIpc) is 3.07. The summed E-state index contributed by atoms with van der Waals surface area (Å²) >= 11 is 0. The minimum Gasteiger partial charge on any atom is -0.485 e. The summed E-state index contributed by atoms with van der Waals surface area (Å²) in [4.78, 5) is 0. The Balaban J connectivity index is 1.73. The zero-order chi connectivity index (χ0) is 24.9. The van der Waals surface area contributed by atoms with Gasteiger partial charge in [0, 0.05) is 12.6 Å². The molecule has 0 aromatic heterocycles. The van der Waals surface area contributed by atoms with Crippen molar-refractivity contribution in [1.82, 2.24) is 0 Å². The van der Waals surface area contributed by atoms with Crippen LogP contribution in [-0.4, -0.2) is 32.2 Å². The van der Waals surface area contributed by atoms with Crippen LogP contribution < -0.4 is 19.7 Å². The molecular formula is C28H33BO6. The first-order valence-corrected chi connectivity index (χ1v) is 11.8. The van der Waals surface area contributed by atoms with E-state index < -0.39 is 18.3 Å². The lowest BCUT2D eigenvalue weighted by atomic mass is 9.78. The van der Waals surface area contributed by atoms with Crippen LogP contribution in [0.5, 0.6) is 17.2 Å². The van der Waals surface area contributed by atoms with Crippen molar-refractivity contribution in [2.24, 2.45) is 0 Å². The van der Waals surface area contributed by atoms with E-state index in [9.17, 15) is 0 Å². The van der Waals surface area contributed by atoms with Crippen LogP contribution in [0.25, 0.3) is 0 Å². The van der Waals surface area contributed by atoms with Crippen molar-refractivity contribution in [3.63, 3.8) is 0 Å². The molecule has 35 heavy (non-hydrogen) atoms. The summed E-state index contributed by atoms with van der Waals surface area (Å²) in [5, 5.41) is 0. The normalized spacial score (nSPS) is 16.2. The summed E-state index contributed by atoms with van der Waals surface area (Å²) in [6, 6.07) is 23.7. The van der Waals surface area contributed by atoms with Crippen LogP contribution in [0.3, 0.4) is 0 Å². The van der Waals surface area contributed by atoms with Crippen LogP contribution in [0, 0.1) is 0 Å². The third-order valence-corrected chi connectivity index (χ3v) is 6.40. The quantitative estimate of drug-likeness (QED) is 0.299. The van der Waals surface area contributed by atoms with Gasteiger partial charge in [0.25, 0.3) is 0 Å². The number of hydrogen-bond acceptors (Lipinski definition) is 6. The molecule has 0 aliphatic carbocycles. The van der Waals surface area contributed by atoms with Gasteiger partial charge in [-0.05, 0) is 44.9 Å². The van der Waals surface area contributed by atoms with Gasteiger partial charge in [-0.25, -0.2) is 0 Å². The van der Waals surface area contributed by atoms with Crippen molar-refractivity contribution >= 4 is 12.6 Å². The van der Waals surface area contributed by atoms with Gasteiger partial charge in [-0.15, -0.1) is 0 Å². The summed E-state index contributed by atoms with van der Waals surface area (Å²) in [7, 11) is 0.956. The highest BCUT2D eigenvalue weighted by atomic mass is 16.7. The lowest BCUT2D eigenvalue weighted by Gasteiger charge is -2.32. The fourth-order valence-corrected chi connectivity index (χ4v) is 3.70. The van der Waals surface area contributed by atoms with E-state index in [-0.39, 0.29) is 6.79 Å². The summed E-state index contributed by atoms with van der Waals surface area (Å²) in [6.07, 6.45) is 0. The minimum absolute atomic E-state index is 0.0790. The number of rotatable bonds is 10. The molecule has 0 N–H and O–H groups in total. The molecule has 0 saturated carbocycles. The maximum absolute atomic E-state index is 6.41. The van der Waals surface area contributed by atoms with Gasteiger partial charge >= 0.3 is 7.12 Å². The van der Waals surface area contributed by atoms with Gasteiger partial charge in [0.15, 0.2) is 18.3 Å². The fraction of sp³-hybridized carbons (Fsp3) is 0.357. The lowest BCUT2D eigenvalue weighted by molar-refractivity contribution is 0.00578. The Bertz CT molecular complexity index is 1090. The van der Waals surface area contributed by atoms with Crippen molar-refractivity contribution in [2.75, 3.05) is 13.9 Å². The largest absolute Gasteiger partial charge is 0.498 e. The van der Waals surface area contributed by atoms with Crippen LogP contribution in [-0.2, 0) is 27.3 Å². The molecule has 0 unspecified atom stereocenters. The van der Waals surface area contributed by atoms with Crippen LogP contribution in [0.2, 0.25) is 0 Å². The Morgan fingerprint density at radius 3 is 1.69 bits per heavy atom. The van der Waals surface area contributed by atoms with Crippen molar-refractivity contribution in [3.8, 4) is 17.2 Å². The van der Waals surface area contributed by atoms with E-state index in [4.69, 9.17) is 28.3 Å². The van der Waals surface area contributed by atoms with Gasteiger partial charge in [-0.2, -0.15) is 0 Å². The predicted octanol–water partition coefficient (Wildman–Crippen LogP) is 5.13. The maximum Gasteiger partial charge on any atom is 0.498 e. The molecule has 3 aromatic rings. The number of hydrogen-bond donors (Lipinski definition) is 0. The van der Waals surface area contributed by atoms with E-state index >= 15 is 0 Å². The number of benzene rings is 3. The van der Waals surface area contributed by atoms with Gasteiger partial charge < -0.3 is 28.3 Å². The Kier molecular flexibility index (Phi) is 7.70. The smallest absolute Gasteiger partial charge is 0.485 e. The Labute approximate surface area is 208 Å². The molecule has 0 spiro atoms. The van der Waals surface area contributed by atoms with Gasteiger partial charge in [-0.3, -0.25) is 0 Å². The predicted molar refractivity (Wildman–Crippen MR) is 136 cm³/mol. The van der Waals surface area contributed by atoms with Crippen molar-refractivity contribution in [1.29, 1.82) is 0 Å². The molecule has 0 atom stereocenters. The Morgan fingerprint density at radius 1 is 0.657 bits per heavy atom. The van der Waals surface area contributed by atoms with E-state index in [1.165, 1.54) is 0 Å². The first-order chi connectivity index (χ1) is 16.8. The highest BCUT2D eigenvalue weighted by Crippen LogP contribution is 2.41. The van der Waals surface area contributed by atoms with Crippen LogP contribution in [0.1, 0.15) is 38.8 Å². The summed E-state index contributed by atoms with van der Waals surface area (Å²) in [5.41, 5.74) is 1.81. The van der Waals surface area contributed by atoms with E-state index in [1.807, 2.05) is 100 Å². The van der Waals surface area contributed by atoms with E-state index in [2.05, 4.69) is 0 Å². The summed E-state index contributed by atoms with van der Waals surface area (Å²) in [5.74, 6) is 1.53. The minimum atomic E-state index is -0.624. The maximum atomic E-state index is 6.41. The van der Waals surface area contributed by atoms with Crippen LogP contribution in [0.4, 0.5) is 0 Å². The van der Waals surface area contributed by atoms with Gasteiger partial charge in [-0.1, -0.05) is 66.7 Å². The summed E-state index contributed by atoms with van der Waals surface area (Å²) < 4.78 is 36.5. The molecule has 184 valence electrons. The fourth-order valence-electron chi connectivity index (χ4n) is 3.70. The third kappa shape index (κ3) is 5.81. The van der Waals surface area contributed by atoms with Crippen molar-refractivity contribution in [3.05, 3.63) is 83.9 Å². The highest BCUT2D eigenvalue weighted by molar-refractivity contribution is 6.63. The molecule has 1 fully saturated rings. The van der Waals surface area contributed by atoms with Crippen LogP contribution in [0.15, 0.2) is 72.8 Å². The van der Waals surface area contributed by atoms with E-state index in [0.29, 0.717) is 30.5 Å². The molecule has 3 aromatic carbocycles. The molecular weight excluding hydrogens is 443 g/mol. The van der Waals surface area contributed by atoms with Gasteiger partial charge in [0.1, 0.15) is 13.2 Å². The van der Waals surface area contributed by atoms with E-state index in [0.717, 1.165) is 16.6 Å². The lowest BCUT2D eigenvalue weighted by Crippen LogP contribution is -2.41. The van der Waals surface area contributed by atoms with Crippen molar-refractivity contribution < 1.29 is 28.3 Å². The molecule has 0 amide bonds. The second-order valence-electron chi connectivity index (χ2n) is 9.50. The van der Waals surface area contributed by atoms with E-state index in [1.54, 1.807) is 7.11 Å². The molecule has 7 heteroatoms. The third-order valence-electron chi connectivity index (χ3n) is 6.40. The molecule has 4 rings (SSSR count). The number of ether oxygens (including phenoxy) is 4. The second-order valence-corrected chi connectivity index (χ2v) is 9.50. The highest BCUT2D eigenvalue weighted by Gasteiger charge is 2.53. The molecule has 1 heterocycles. The Hall–Kier alpha value is -3.00. The topological polar surface area (TPSA) is 55.4 Å². The molecule has 1 aliphatic rings. The number of methoxy groups -OCH3 is 1. The standard InChI is InChI=1S/C28H33BO6/c1-27(2)28(3,4)35-29(34-27)23-16-17-24(33-20-30-5)26(32-19-22-14-10-7-11-15-22)25(23)31-18-21-12-8-6-9-13-21/h6-17H,18-20H2,1-5H3. The van der Waals surface area contributed by atoms with Crippen LogP contribution >= 0.6 is 0 Å². The van der Waals surface area contributed by atoms with Crippen molar-refractivity contribution in [2.45, 2.75) is 52.1 Å². The SMILES string of the molecule is COCOc1ccc(B2OC(C)(C)C(C)(C)O2)c(OCc2ccccc2)c1OCc1ccccc1. The Morgan fingerprint density at radius 2 is 1.17 bits per heavy atom. The first-order valence-electron chi connectivity index (χ1n) is 11.8. The zero-order valence-corrected chi connectivity index (χ0v) is 21.1. The second kappa shape index (κ2) is 10.7. The molecule has 0 bridgehead atoms. The molecule has 0 radical (unpaired) electrons. The average molecular weight is 476 g/mol. The first kappa shape index (κ1) is 25.1.